The summed E-state index contributed by atoms with van der Waals surface area (Å²) in [5, 5.41) is 14.8. The topological polar surface area (TPSA) is 48.9 Å². The Hall–Kier alpha value is -0.970. The van der Waals surface area contributed by atoms with Crippen molar-refractivity contribution in [2.75, 3.05) is 6.61 Å². The monoisotopic (exact) mass is 218 g/mol. The highest BCUT2D eigenvalue weighted by molar-refractivity contribution is 5.27. The zero-order valence-electron chi connectivity index (χ0n) is 9.14. The van der Waals surface area contributed by atoms with Crippen LogP contribution in [0.3, 0.4) is 0 Å². The maximum Gasteiger partial charge on any atom is 0.278 e. The highest BCUT2D eigenvalue weighted by Gasteiger charge is 2.37. The van der Waals surface area contributed by atoms with Gasteiger partial charge in [0.15, 0.2) is 0 Å². The Labute approximate surface area is 87.5 Å². The van der Waals surface area contributed by atoms with Crippen molar-refractivity contribution in [2.45, 2.75) is 38.5 Å². The number of nitrogens with zero attached hydrogens (tertiary/aromatic N) is 1. The first-order valence-corrected chi connectivity index (χ1v) is 4.82. The van der Waals surface area contributed by atoms with Crippen LogP contribution in [-0.2, 0) is 11.3 Å². The van der Waals surface area contributed by atoms with E-state index in [-0.39, 0.29) is 5.56 Å². The van der Waals surface area contributed by atoms with E-state index in [1.165, 1.54) is 0 Å². The third-order valence-corrected chi connectivity index (χ3v) is 2.21. The van der Waals surface area contributed by atoms with Gasteiger partial charge in [-0.15, -0.1) is 0 Å². The first-order chi connectivity index (χ1) is 6.79. The molecule has 0 aliphatic heterocycles. The highest BCUT2D eigenvalue weighted by Crippen LogP contribution is 2.37. The van der Waals surface area contributed by atoms with Gasteiger partial charge in [-0.25, -0.2) is 8.78 Å². The number of aliphatic hydroxyl groups is 1. The molecule has 0 bridgehead atoms. The first kappa shape index (κ1) is 12.1. The smallest absolute Gasteiger partial charge is 0.278 e. The second kappa shape index (κ2) is 3.89. The van der Waals surface area contributed by atoms with Crippen molar-refractivity contribution in [3.63, 3.8) is 0 Å². The quantitative estimate of drug-likeness (QED) is 0.817. The first-order valence-electron chi connectivity index (χ1n) is 4.82. The van der Waals surface area contributed by atoms with E-state index in [1.54, 1.807) is 0 Å². The van der Waals surface area contributed by atoms with Gasteiger partial charge in [-0.1, -0.05) is 20.8 Å². The normalized spacial score (nSPS) is 13.2. The summed E-state index contributed by atoms with van der Waals surface area (Å²) in [6.45, 7) is 4.96. The van der Waals surface area contributed by atoms with E-state index in [1.807, 2.05) is 20.8 Å². The third-order valence-electron chi connectivity index (χ3n) is 2.21. The van der Waals surface area contributed by atoms with E-state index < -0.39 is 24.4 Å². The minimum Gasteiger partial charge on any atom is -0.396 e. The summed E-state index contributed by atoms with van der Waals surface area (Å²) in [6.07, 6.45) is 0.561. The van der Waals surface area contributed by atoms with E-state index in [0.717, 1.165) is 6.20 Å². The van der Waals surface area contributed by atoms with Crippen LogP contribution in [0.2, 0.25) is 0 Å². The zero-order chi connectivity index (χ0) is 11.7. The molecule has 0 amide bonds. The van der Waals surface area contributed by atoms with E-state index in [9.17, 15) is 8.78 Å². The van der Waals surface area contributed by atoms with Gasteiger partial charge in [0, 0.05) is 24.1 Å². The van der Waals surface area contributed by atoms with Gasteiger partial charge in [0.2, 0.25) is 0 Å². The van der Waals surface area contributed by atoms with Gasteiger partial charge in [0.25, 0.3) is 5.92 Å². The molecule has 0 aliphatic carbocycles. The number of aromatic amines is 1. The maximum absolute atomic E-state index is 13.6. The minimum absolute atomic E-state index is 0.121. The van der Waals surface area contributed by atoms with Crippen molar-refractivity contribution < 1.29 is 13.9 Å². The molecule has 0 saturated carbocycles. The van der Waals surface area contributed by atoms with Crippen molar-refractivity contribution in [3.05, 3.63) is 17.5 Å². The fourth-order valence-electron chi connectivity index (χ4n) is 1.41. The van der Waals surface area contributed by atoms with E-state index in [4.69, 9.17) is 5.11 Å². The average Bonchev–Trinajstić information content (AvgIpc) is 2.49. The molecule has 0 aliphatic rings. The molecule has 0 saturated heterocycles. The number of rotatable bonds is 3. The summed E-state index contributed by atoms with van der Waals surface area (Å²) in [5.41, 5.74) is -0.116. The molecule has 2 N–H and O–H groups in total. The fourth-order valence-corrected chi connectivity index (χ4v) is 1.41. The Morgan fingerprint density at radius 2 is 2.00 bits per heavy atom. The lowest BCUT2D eigenvalue weighted by atomic mass is 9.87. The second-order valence-corrected chi connectivity index (χ2v) is 4.59. The van der Waals surface area contributed by atoms with Gasteiger partial charge in [0.1, 0.15) is 0 Å². The molecule has 15 heavy (non-hydrogen) atoms. The zero-order valence-corrected chi connectivity index (χ0v) is 9.14. The summed E-state index contributed by atoms with van der Waals surface area (Å²) in [6, 6.07) is 0. The number of aliphatic hydroxyl groups excluding tert-OH is 1. The van der Waals surface area contributed by atoms with E-state index >= 15 is 0 Å². The lowest BCUT2D eigenvalue weighted by molar-refractivity contribution is -0.0283. The van der Waals surface area contributed by atoms with Gasteiger partial charge < -0.3 is 5.11 Å². The molecular formula is C10H16F2N2O. The number of alkyl halides is 2. The summed E-state index contributed by atoms with van der Waals surface area (Å²) in [7, 11) is 0. The number of aromatic nitrogens is 2. The van der Waals surface area contributed by atoms with E-state index in [2.05, 4.69) is 10.2 Å². The molecule has 0 spiro atoms. The predicted octanol–water partition coefficient (Wildman–Crippen LogP) is 2.18. The molecule has 3 nitrogen and oxygen atoms in total. The average molecular weight is 218 g/mol. The van der Waals surface area contributed by atoms with Gasteiger partial charge in [-0.2, -0.15) is 5.10 Å². The van der Waals surface area contributed by atoms with Crippen LogP contribution in [0.5, 0.6) is 0 Å². The van der Waals surface area contributed by atoms with Crippen LogP contribution in [0.15, 0.2) is 6.20 Å². The molecular weight excluding hydrogens is 202 g/mol. The standard InChI is InChI=1S/C10H16F2N2O/c1-9(2,3)8-7(6-13-14-8)10(11,12)4-5-15/h6,15H,4-5H2,1-3H3,(H,13,14). The largest absolute Gasteiger partial charge is 0.396 e. The molecule has 1 heterocycles. The van der Waals surface area contributed by atoms with Crippen LogP contribution in [-0.4, -0.2) is 21.9 Å². The molecule has 5 heteroatoms. The number of hydrogen-bond acceptors (Lipinski definition) is 2. The number of nitrogens with one attached hydrogen (secondary N) is 1. The predicted molar refractivity (Wildman–Crippen MR) is 52.9 cm³/mol. The molecule has 1 aromatic rings. The molecule has 1 aromatic heterocycles. The van der Waals surface area contributed by atoms with Crippen LogP contribution in [0.25, 0.3) is 0 Å². The Bertz CT molecular complexity index is 328. The minimum atomic E-state index is -3.02. The lowest BCUT2D eigenvalue weighted by Crippen LogP contribution is -2.22. The van der Waals surface area contributed by atoms with Crippen molar-refractivity contribution in [2.24, 2.45) is 0 Å². The van der Waals surface area contributed by atoms with E-state index in [0.29, 0.717) is 5.69 Å². The molecule has 1 rings (SSSR count). The summed E-state index contributed by atoms with van der Waals surface area (Å²) in [5.74, 6) is -3.02. The Morgan fingerprint density at radius 3 is 2.47 bits per heavy atom. The SMILES string of the molecule is CC(C)(C)c1[nH]ncc1C(F)(F)CCO. The molecule has 0 aromatic carbocycles. The third kappa shape index (κ3) is 2.53. The van der Waals surface area contributed by atoms with Crippen molar-refractivity contribution in [3.8, 4) is 0 Å². The second-order valence-electron chi connectivity index (χ2n) is 4.59. The van der Waals surface area contributed by atoms with Gasteiger partial charge in [-0.05, 0) is 0 Å². The van der Waals surface area contributed by atoms with Gasteiger partial charge in [0.05, 0.1) is 11.8 Å². The van der Waals surface area contributed by atoms with Gasteiger partial charge in [-0.3, -0.25) is 5.10 Å². The van der Waals surface area contributed by atoms with Crippen molar-refractivity contribution in [1.29, 1.82) is 0 Å². The highest BCUT2D eigenvalue weighted by atomic mass is 19.3. The number of halogens is 2. The van der Waals surface area contributed by atoms with Crippen LogP contribution in [0, 0.1) is 0 Å². The Kier molecular flexibility index (Phi) is 3.13. The molecule has 0 unspecified atom stereocenters. The van der Waals surface area contributed by atoms with Crippen LogP contribution in [0.4, 0.5) is 8.78 Å². The van der Waals surface area contributed by atoms with Crippen LogP contribution in [0.1, 0.15) is 38.4 Å². The maximum atomic E-state index is 13.6. The van der Waals surface area contributed by atoms with Crippen molar-refractivity contribution >= 4 is 0 Å². The summed E-state index contributed by atoms with van der Waals surface area (Å²) >= 11 is 0. The summed E-state index contributed by atoms with van der Waals surface area (Å²) in [4.78, 5) is 0. The van der Waals surface area contributed by atoms with Crippen LogP contribution < -0.4 is 0 Å². The van der Waals surface area contributed by atoms with Gasteiger partial charge >= 0.3 is 0 Å². The molecule has 0 radical (unpaired) electrons. The fraction of sp³-hybridized carbons (Fsp3) is 0.700. The van der Waals surface area contributed by atoms with Crippen LogP contribution >= 0.6 is 0 Å². The Balaban J connectivity index is 3.10. The molecule has 0 atom stereocenters. The number of H-pyrrole nitrogens is 1. The van der Waals surface area contributed by atoms with Crippen molar-refractivity contribution in [1.82, 2.24) is 10.2 Å². The molecule has 0 fully saturated rings. The summed E-state index contributed by atoms with van der Waals surface area (Å²) < 4.78 is 27.1. The number of hydrogen-bond donors (Lipinski definition) is 2. The Morgan fingerprint density at radius 1 is 1.40 bits per heavy atom. The lowest BCUT2D eigenvalue weighted by Gasteiger charge is -2.22. The molecule has 86 valence electrons.